The van der Waals surface area contributed by atoms with Crippen molar-refractivity contribution < 1.29 is 23.8 Å². The van der Waals surface area contributed by atoms with Gasteiger partial charge < -0.3 is 9.84 Å². The molecule has 0 saturated carbocycles. The minimum absolute atomic E-state index is 0.0927. The Morgan fingerprint density at radius 2 is 2.03 bits per heavy atom. The number of nitriles is 1. The lowest BCUT2D eigenvalue weighted by Gasteiger charge is -2.44. The molecule has 0 amide bonds. The van der Waals surface area contributed by atoms with E-state index in [1.807, 2.05) is 0 Å². The fourth-order valence-electron chi connectivity index (χ4n) is 3.26. The van der Waals surface area contributed by atoms with Crippen LogP contribution in [0.2, 0.25) is 0 Å². The van der Waals surface area contributed by atoms with Crippen molar-refractivity contribution in [3.05, 3.63) is 76.7 Å². The van der Waals surface area contributed by atoms with Crippen LogP contribution in [0.15, 0.2) is 59.7 Å². The van der Waals surface area contributed by atoms with Crippen LogP contribution in [0.1, 0.15) is 38.3 Å². The maximum Gasteiger partial charge on any atom is 0.330 e. The largest absolute Gasteiger partial charge is 0.466 e. The van der Waals surface area contributed by atoms with Gasteiger partial charge in [0.05, 0.1) is 12.7 Å². The van der Waals surface area contributed by atoms with E-state index in [-0.39, 0.29) is 17.8 Å². The molecular formula is C24H24FNO4. The van der Waals surface area contributed by atoms with Gasteiger partial charge in [0.15, 0.2) is 5.78 Å². The maximum absolute atomic E-state index is 13.5. The van der Waals surface area contributed by atoms with Crippen molar-refractivity contribution in [1.82, 2.24) is 0 Å². The minimum Gasteiger partial charge on any atom is -0.466 e. The lowest BCUT2D eigenvalue weighted by molar-refractivity contribution is -0.134. The number of hydrogen-bond donors (Lipinski definition) is 1. The molecule has 1 N–H and O–H groups in total. The molecule has 0 aromatic heterocycles. The molecule has 156 valence electrons. The molecule has 6 heteroatoms. The lowest BCUT2D eigenvalue weighted by atomic mass is 9.64. The van der Waals surface area contributed by atoms with E-state index in [2.05, 4.69) is 4.74 Å². The molecule has 5 nitrogen and oxygen atoms in total. The van der Waals surface area contributed by atoms with Gasteiger partial charge in [0, 0.05) is 17.9 Å². The molecule has 0 aliphatic heterocycles. The molecule has 1 atom stereocenters. The summed E-state index contributed by atoms with van der Waals surface area (Å²) in [7, 11) is 1.28. The first kappa shape index (κ1) is 23.0. The zero-order valence-corrected chi connectivity index (χ0v) is 17.4. The normalized spacial score (nSPS) is 21.6. The summed E-state index contributed by atoms with van der Waals surface area (Å²) in [6.45, 7) is 5.25. The number of nitrogens with zero attached hydrogens (tertiary/aromatic N) is 1. The summed E-state index contributed by atoms with van der Waals surface area (Å²) in [4.78, 5) is 23.7. The average Bonchev–Trinajstić information content (AvgIpc) is 2.68. The van der Waals surface area contributed by atoms with E-state index in [0.717, 1.165) is 0 Å². The Kier molecular flexibility index (Phi) is 6.91. The number of ether oxygens (including phenoxy) is 1. The summed E-state index contributed by atoms with van der Waals surface area (Å²) in [6.07, 6.45) is 9.15. The Balaban J connectivity index is 2.46. The van der Waals surface area contributed by atoms with Crippen molar-refractivity contribution in [1.29, 1.82) is 5.26 Å². The topological polar surface area (TPSA) is 87.4 Å². The first-order valence-electron chi connectivity index (χ1n) is 9.33. The fraction of sp³-hybridized carbons (Fsp3) is 0.292. The highest BCUT2D eigenvalue weighted by molar-refractivity contribution is 5.94. The fourth-order valence-corrected chi connectivity index (χ4v) is 3.26. The van der Waals surface area contributed by atoms with Gasteiger partial charge in [-0.15, -0.1) is 0 Å². The van der Waals surface area contributed by atoms with E-state index in [4.69, 9.17) is 5.26 Å². The van der Waals surface area contributed by atoms with E-state index < -0.39 is 22.8 Å². The van der Waals surface area contributed by atoms with E-state index in [1.165, 1.54) is 37.5 Å². The predicted octanol–water partition coefficient (Wildman–Crippen LogP) is 4.04. The number of carbonyl (C=O) groups excluding carboxylic acids is 2. The smallest absolute Gasteiger partial charge is 0.330 e. The highest BCUT2D eigenvalue weighted by atomic mass is 19.1. The van der Waals surface area contributed by atoms with Gasteiger partial charge in [-0.3, -0.25) is 4.79 Å². The first-order valence-corrected chi connectivity index (χ1v) is 9.33. The molecule has 1 aromatic carbocycles. The number of ketones is 1. The van der Waals surface area contributed by atoms with Gasteiger partial charge in [0.2, 0.25) is 0 Å². The van der Waals surface area contributed by atoms with Crippen LogP contribution in [0.3, 0.4) is 0 Å². The Bertz CT molecular complexity index is 1020. The Morgan fingerprint density at radius 1 is 1.33 bits per heavy atom. The van der Waals surface area contributed by atoms with Gasteiger partial charge in [0.25, 0.3) is 0 Å². The van der Waals surface area contributed by atoms with Gasteiger partial charge in [-0.1, -0.05) is 38.1 Å². The van der Waals surface area contributed by atoms with Crippen molar-refractivity contribution in [3.63, 3.8) is 0 Å². The molecule has 0 bridgehead atoms. The molecule has 1 aliphatic rings. The van der Waals surface area contributed by atoms with Crippen molar-refractivity contribution in [2.24, 2.45) is 5.41 Å². The van der Waals surface area contributed by atoms with Crippen LogP contribution >= 0.6 is 0 Å². The van der Waals surface area contributed by atoms with Gasteiger partial charge in [-0.25, -0.2) is 9.18 Å². The van der Waals surface area contributed by atoms with E-state index in [0.29, 0.717) is 16.7 Å². The number of esters is 1. The summed E-state index contributed by atoms with van der Waals surface area (Å²) in [6, 6.07) is 5.86. The summed E-state index contributed by atoms with van der Waals surface area (Å²) >= 11 is 0. The van der Waals surface area contributed by atoms with Crippen LogP contribution in [0.25, 0.3) is 6.08 Å². The molecule has 1 aliphatic carbocycles. The molecule has 0 unspecified atom stereocenters. The van der Waals surface area contributed by atoms with Gasteiger partial charge >= 0.3 is 5.97 Å². The molecule has 0 saturated heterocycles. The van der Waals surface area contributed by atoms with Crippen molar-refractivity contribution in [3.8, 4) is 6.07 Å². The van der Waals surface area contributed by atoms with Crippen molar-refractivity contribution in [2.45, 2.75) is 32.8 Å². The average molecular weight is 409 g/mol. The lowest BCUT2D eigenvalue weighted by Crippen LogP contribution is -2.48. The molecule has 0 fully saturated rings. The second kappa shape index (κ2) is 9.02. The van der Waals surface area contributed by atoms with Crippen molar-refractivity contribution >= 4 is 17.8 Å². The number of methoxy groups -OCH3 is 1. The molecule has 0 heterocycles. The third-order valence-electron chi connectivity index (χ3n) is 5.10. The van der Waals surface area contributed by atoms with E-state index >= 15 is 0 Å². The highest BCUT2D eigenvalue weighted by Crippen LogP contribution is 2.45. The van der Waals surface area contributed by atoms with E-state index in [9.17, 15) is 19.1 Å². The number of rotatable bonds is 5. The Hall–Kier alpha value is -3.30. The number of allylic oxidation sites excluding steroid dienone is 3. The monoisotopic (exact) mass is 409 g/mol. The number of hydrogen-bond acceptors (Lipinski definition) is 5. The van der Waals surface area contributed by atoms with Crippen LogP contribution < -0.4 is 0 Å². The summed E-state index contributed by atoms with van der Waals surface area (Å²) in [5, 5.41) is 20.5. The number of aliphatic hydroxyl groups is 1. The summed E-state index contributed by atoms with van der Waals surface area (Å²) < 4.78 is 18.1. The van der Waals surface area contributed by atoms with E-state index in [1.54, 1.807) is 51.1 Å². The van der Waals surface area contributed by atoms with Gasteiger partial charge in [-0.2, -0.15) is 5.26 Å². The quantitative estimate of drug-likeness (QED) is 0.450. The molecule has 1 aromatic rings. The van der Waals surface area contributed by atoms with Crippen LogP contribution in [0, 0.1) is 22.6 Å². The SMILES string of the molecule is COC(=O)/C=C(C)\C=C\[C@@]1(O)C(/C=C/c2ccc(F)c(C#N)c2)=CC(=O)CC1(C)C. The second-order valence-electron chi connectivity index (χ2n) is 7.82. The Labute approximate surface area is 175 Å². The number of halogens is 1. The molecular weight excluding hydrogens is 385 g/mol. The minimum atomic E-state index is -1.50. The zero-order valence-electron chi connectivity index (χ0n) is 17.4. The van der Waals surface area contributed by atoms with Crippen LogP contribution in [0.5, 0.6) is 0 Å². The maximum atomic E-state index is 13.5. The summed E-state index contributed by atoms with van der Waals surface area (Å²) in [5.41, 5.74) is -0.929. The summed E-state index contributed by atoms with van der Waals surface area (Å²) in [5.74, 6) is -1.26. The highest BCUT2D eigenvalue weighted by Gasteiger charge is 2.47. The first-order chi connectivity index (χ1) is 14.0. The zero-order chi connectivity index (χ0) is 22.5. The molecule has 30 heavy (non-hydrogen) atoms. The molecule has 2 rings (SSSR count). The second-order valence-corrected chi connectivity index (χ2v) is 7.82. The third-order valence-corrected chi connectivity index (χ3v) is 5.10. The Morgan fingerprint density at radius 3 is 2.67 bits per heavy atom. The molecule has 0 radical (unpaired) electrons. The third kappa shape index (κ3) is 5.00. The van der Waals surface area contributed by atoms with Crippen LogP contribution in [-0.2, 0) is 14.3 Å². The van der Waals surface area contributed by atoms with Crippen molar-refractivity contribution in [2.75, 3.05) is 7.11 Å². The van der Waals surface area contributed by atoms with Gasteiger partial charge in [0.1, 0.15) is 17.5 Å². The number of benzene rings is 1. The van der Waals surface area contributed by atoms with Crippen LogP contribution in [-0.4, -0.2) is 29.6 Å². The van der Waals surface area contributed by atoms with Crippen LogP contribution in [0.4, 0.5) is 4.39 Å². The van der Waals surface area contributed by atoms with Gasteiger partial charge in [-0.05, 0) is 47.9 Å². The molecule has 0 spiro atoms. The standard InChI is InChI=1S/C24H24FNO4/c1-16(11-22(28)30-4)9-10-24(29)19(13-20(27)14-23(24,2)3)7-5-17-6-8-21(25)18(12-17)15-26/h5-13,29H,14H2,1-4H3/b7-5+,10-9+,16-11-/t24-/m1/s1. The number of carbonyl (C=O) groups is 2. The predicted molar refractivity (Wildman–Crippen MR) is 111 cm³/mol.